The molecule has 0 aliphatic heterocycles. The number of carbonyl (C=O) groups excluding carboxylic acids is 1. The van der Waals surface area contributed by atoms with Crippen LogP contribution in [0.15, 0.2) is 4.99 Å². The van der Waals surface area contributed by atoms with Gasteiger partial charge in [0.25, 0.3) is 0 Å². The molecule has 0 saturated heterocycles. The number of aliphatic hydroxyl groups excluding tert-OH is 1. The van der Waals surface area contributed by atoms with Gasteiger partial charge in [0.05, 0.1) is 0 Å². The van der Waals surface area contributed by atoms with Gasteiger partial charge in [-0.3, -0.25) is 0 Å². The lowest BCUT2D eigenvalue weighted by atomic mass is 10.0. The molecule has 0 aromatic rings. The highest BCUT2D eigenvalue weighted by Gasteiger charge is 2.16. The van der Waals surface area contributed by atoms with Gasteiger partial charge in [-0.25, -0.2) is 9.59 Å². The fourth-order valence-corrected chi connectivity index (χ4v) is 0.877. The minimum Gasteiger partial charge on any atom is -0.480 e. The summed E-state index contributed by atoms with van der Waals surface area (Å²) in [7, 11) is 0. The number of aliphatic imine (C=N–C) groups is 1. The largest absolute Gasteiger partial charge is 0.480 e. The van der Waals surface area contributed by atoms with E-state index in [-0.39, 0.29) is 12.1 Å². The first-order chi connectivity index (χ1) is 7.49. The van der Waals surface area contributed by atoms with Crippen LogP contribution in [-0.4, -0.2) is 34.9 Å². The van der Waals surface area contributed by atoms with E-state index < -0.39 is 12.0 Å². The molecule has 0 aliphatic carbocycles. The quantitative estimate of drug-likeness (QED) is 0.488. The van der Waals surface area contributed by atoms with E-state index in [0.717, 1.165) is 12.8 Å². The fourth-order valence-electron chi connectivity index (χ4n) is 0.877. The number of isocyanates is 1. The number of aliphatic carboxylic acids is 1. The van der Waals surface area contributed by atoms with E-state index in [9.17, 15) is 9.59 Å². The summed E-state index contributed by atoms with van der Waals surface area (Å²) in [4.78, 5) is 23.3. The van der Waals surface area contributed by atoms with Crippen molar-refractivity contribution in [3.8, 4) is 0 Å². The van der Waals surface area contributed by atoms with Gasteiger partial charge in [0.1, 0.15) is 0 Å². The lowest BCUT2D eigenvalue weighted by molar-refractivity contribution is -0.138. The third kappa shape index (κ3) is 17.4. The highest BCUT2D eigenvalue weighted by molar-refractivity contribution is 5.74. The Morgan fingerprint density at radius 2 is 1.94 bits per heavy atom. The van der Waals surface area contributed by atoms with Crippen molar-refractivity contribution >= 4 is 12.0 Å². The van der Waals surface area contributed by atoms with Crippen LogP contribution in [0.4, 0.5) is 0 Å². The predicted octanol–water partition coefficient (Wildman–Crippen LogP) is 1.76. The molecule has 0 saturated carbocycles. The zero-order valence-corrected chi connectivity index (χ0v) is 10.8. The molecule has 5 N–H and O–H groups in total. The first kappa shape index (κ1) is 21.1. The molecule has 0 rings (SSSR count). The zero-order chi connectivity index (χ0) is 13.0. The number of unbranched alkanes of at least 4 members (excludes halogenated alkanes) is 1. The van der Waals surface area contributed by atoms with Crippen molar-refractivity contribution in [2.75, 3.05) is 6.61 Å². The number of nitrogens with zero attached hydrogens (tertiary/aromatic N) is 1. The van der Waals surface area contributed by atoms with Gasteiger partial charge < -0.3 is 16.4 Å². The molecule has 0 spiro atoms. The highest BCUT2D eigenvalue weighted by Crippen LogP contribution is 2.07. The molecule has 6 nitrogen and oxygen atoms in total. The molecule has 0 aromatic heterocycles. The molecule has 0 heterocycles. The maximum Gasteiger partial charge on any atom is 0.329 e. The van der Waals surface area contributed by atoms with Gasteiger partial charge in [0.15, 0.2) is 6.04 Å². The van der Waals surface area contributed by atoms with Crippen LogP contribution in [0, 0.1) is 5.92 Å². The Bertz CT molecular complexity index is 222. The highest BCUT2D eigenvalue weighted by atomic mass is 16.4. The van der Waals surface area contributed by atoms with Crippen molar-refractivity contribution in [3.05, 3.63) is 0 Å². The Hall–Kier alpha value is -1.23. The number of hydrogen-bond donors (Lipinski definition) is 3. The summed E-state index contributed by atoms with van der Waals surface area (Å²) in [6.45, 7) is 6.14. The van der Waals surface area contributed by atoms with E-state index >= 15 is 0 Å². The third-order valence-electron chi connectivity index (χ3n) is 1.70. The standard InChI is InChI=1S/C7H11NO3.C4H10O.H3N/c1-5(2)3-6(7(10)11)8-4-9;1-2-3-4-5;/h5-6H,3H2,1-2H3,(H,10,11);5H,2-4H2,1H3;1H3. The summed E-state index contributed by atoms with van der Waals surface area (Å²) in [5.41, 5.74) is 0. The van der Waals surface area contributed by atoms with E-state index in [1.54, 1.807) is 0 Å². The summed E-state index contributed by atoms with van der Waals surface area (Å²) in [6.07, 6.45) is 3.67. The average molecular weight is 248 g/mol. The van der Waals surface area contributed by atoms with Gasteiger partial charge >= 0.3 is 5.97 Å². The van der Waals surface area contributed by atoms with Gasteiger partial charge in [0, 0.05) is 6.61 Å². The molecule has 0 aromatic carbocycles. The SMILES string of the molecule is CC(C)CC(N=C=O)C(=O)O.CCCCO.N. The maximum atomic E-state index is 10.4. The van der Waals surface area contributed by atoms with E-state index in [4.69, 9.17) is 10.2 Å². The summed E-state index contributed by atoms with van der Waals surface area (Å²) in [6, 6.07) is -0.924. The molecule has 17 heavy (non-hydrogen) atoms. The first-order valence-corrected chi connectivity index (χ1v) is 5.40. The Morgan fingerprint density at radius 1 is 1.41 bits per heavy atom. The van der Waals surface area contributed by atoms with Gasteiger partial charge in [-0.2, -0.15) is 4.99 Å². The van der Waals surface area contributed by atoms with Gasteiger partial charge in [-0.05, 0) is 18.8 Å². The van der Waals surface area contributed by atoms with Crippen molar-refractivity contribution in [2.45, 2.75) is 46.1 Å². The van der Waals surface area contributed by atoms with Crippen molar-refractivity contribution < 1.29 is 19.8 Å². The summed E-state index contributed by atoms with van der Waals surface area (Å²) < 4.78 is 0. The lowest BCUT2D eigenvalue weighted by Crippen LogP contribution is -2.19. The van der Waals surface area contributed by atoms with Crippen molar-refractivity contribution in [3.63, 3.8) is 0 Å². The van der Waals surface area contributed by atoms with Crippen LogP contribution in [-0.2, 0) is 9.59 Å². The molecule has 102 valence electrons. The minimum atomic E-state index is -1.07. The Kier molecular flexibility index (Phi) is 18.3. The topological polar surface area (TPSA) is 122 Å². The van der Waals surface area contributed by atoms with Crippen LogP contribution in [0.5, 0.6) is 0 Å². The molecule has 0 fully saturated rings. The van der Waals surface area contributed by atoms with Crippen LogP contribution in [0.2, 0.25) is 0 Å². The molecular formula is C11H24N2O4. The monoisotopic (exact) mass is 248 g/mol. The lowest BCUT2D eigenvalue weighted by Gasteiger charge is -2.06. The molecule has 0 radical (unpaired) electrons. The van der Waals surface area contributed by atoms with Gasteiger partial charge in [0.2, 0.25) is 6.08 Å². The number of aliphatic hydroxyl groups is 1. The molecular weight excluding hydrogens is 224 g/mol. The normalized spacial score (nSPS) is 10.4. The second-order valence-electron chi connectivity index (χ2n) is 3.78. The Morgan fingerprint density at radius 3 is 2.12 bits per heavy atom. The number of carbonyl (C=O) groups is 1. The average Bonchev–Trinajstić information content (AvgIpc) is 2.18. The second kappa shape index (κ2) is 14.8. The van der Waals surface area contributed by atoms with Crippen molar-refractivity contribution in [1.29, 1.82) is 0 Å². The van der Waals surface area contributed by atoms with E-state index in [1.165, 1.54) is 6.08 Å². The third-order valence-corrected chi connectivity index (χ3v) is 1.70. The van der Waals surface area contributed by atoms with Crippen LogP contribution >= 0.6 is 0 Å². The molecule has 0 bridgehead atoms. The van der Waals surface area contributed by atoms with E-state index in [2.05, 4.69) is 11.9 Å². The predicted molar refractivity (Wildman–Crippen MR) is 66.0 cm³/mol. The van der Waals surface area contributed by atoms with E-state index in [0.29, 0.717) is 13.0 Å². The summed E-state index contributed by atoms with van der Waals surface area (Å²) >= 11 is 0. The van der Waals surface area contributed by atoms with Gasteiger partial charge in [-0.1, -0.05) is 27.2 Å². The van der Waals surface area contributed by atoms with Crippen LogP contribution in [0.1, 0.15) is 40.0 Å². The molecule has 1 unspecified atom stereocenters. The molecule has 1 atom stereocenters. The van der Waals surface area contributed by atoms with E-state index in [1.807, 2.05) is 13.8 Å². The fraction of sp³-hybridized carbons (Fsp3) is 0.818. The van der Waals surface area contributed by atoms with Crippen molar-refractivity contribution in [2.24, 2.45) is 10.9 Å². The number of rotatable bonds is 6. The Balaban J connectivity index is -0.000000280. The van der Waals surface area contributed by atoms with Crippen molar-refractivity contribution in [1.82, 2.24) is 6.15 Å². The van der Waals surface area contributed by atoms with Crippen LogP contribution in [0.3, 0.4) is 0 Å². The minimum absolute atomic E-state index is 0. The smallest absolute Gasteiger partial charge is 0.329 e. The molecule has 0 amide bonds. The second-order valence-corrected chi connectivity index (χ2v) is 3.78. The maximum absolute atomic E-state index is 10.4. The molecule has 0 aliphatic rings. The Labute approximate surface area is 102 Å². The summed E-state index contributed by atoms with van der Waals surface area (Å²) in [5.74, 6) is -0.852. The number of carboxylic acids is 1. The summed E-state index contributed by atoms with van der Waals surface area (Å²) in [5, 5.41) is 16.5. The van der Waals surface area contributed by atoms with Gasteiger partial charge in [-0.15, -0.1) is 0 Å². The number of carboxylic acid groups (broad SMARTS) is 1. The molecule has 6 heteroatoms. The van der Waals surface area contributed by atoms with Crippen LogP contribution < -0.4 is 6.15 Å². The number of hydrogen-bond acceptors (Lipinski definition) is 5. The first-order valence-electron chi connectivity index (χ1n) is 5.40. The van der Waals surface area contributed by atoms with Crippen LogP contribution in [0.25, 0.3) is 0 Å². The zero-order valence-electron chi connectivity index (χ0n) is 10.8.